The van der Waals surface area contributed by atoms with Crippen molar-refractivity contribution in [2.24, 2.45) is 0 Å². The number of thiophene rings is 1. The Balaban J connectivity index is 1.45. The molecule has 5 heteroatoms. The molecule has 152 valence electrons. The van der Waals surface area contributed by atoms with Gasteiger partial charge in [-0.25, -0.2) is 4.98 Å². The fourth-order valence-corrected chi connectivity index (χ4v) is 6.37. The summed E-state index contributed by atoms with van der Waals surface area (Å²) in [7, 11) is 2.25. The molecule has 1 unspecified atom stereocenters. The minimum Gasteiger partial charge on any atom is -0.303 e. The quantitative estimate of drug-likeness (QED) is 0.630. The number of fused-ring (bicyclic) bond motifs is 4. The Kier molecular flexibility index (Phi) is 5.04. The SMILES string of the molecule is CCCCN(C)C1CCc2c(sc3ncn(C4Cc5ccccc5C4)c(=O)c23)C1. The van der Waals surface area contributed by atoms with Gasteiger partial charge in [0.15, 0.2) is 0 Å². The molecule has 0 saturated carbocycles. The summed E-state index contributed by atoms with van der Waals surface area (Å²) in [5.74, 6) is 0. The molecule has 3 aromatic rings. The van der Waals surface area contributed by atoms with Crippen molar-refractivity contribution in [3.63, 3.8) is 0 Å². The van der Waals surface area contributed by atoms with Gasteiger partial charge in [-0.15, -0.1) is 11.3 Å². The Hall–Kier alpha value is -1.98. The predicted octanol–water partition coefficient (Wildman–Crippen LogP) is 4.39. The van der Waals surface area contributed by atoms with E-state index in [9.17, 15) is 4.79 Å². The van der Waals surface area contributed by atoms with Crippen LogP contribution in [0.5, 0.6) is 0 Å². The summed E-state index contributed by atoms with van der Waals surface area (Å²) >= 11 is 1.75. The van der Waals surface area contributed by atoms with Crippen LogP contribution in [0.1, 0.15) is 53.8 Å². The standard InChI is InChI=1S/C24H29N3OS/c1-3-4-11-26(2)18-9-10-20-21(14-18)29-23-22(20)24(28)27(15-25-23)19-12-16-7-5-6-8-17(16)13-19/h5-8,15,18-19H,3-4,9-14H2,1-2H3. The van der Waals surface area contributed by atoms with E-state index in [4.69, 9.17) is 4.98 Å². The molecule has 0 saturated heterocycles. The molecule has 0 amide bonds. The van der Waals surface area contributed by atoms with Crippen molar-refractivity contribution in [2.75, 3.05) is 13.6 Å². The highest BCUT2D eigenvalue weighted by Gasteiger charge is 2.29. The zero-order chi connectivity index (χ0) is 20.0. The highest BCUT2D eigenvalue weighted by molar-refractivity contribution is 7.18. The van der Waals surface area contributed by atoms with Crippen LogP contribution in [0.2, 0.25) is 0 Å². The van der Waals surface area contributed by atoms with E-state index in [-0.39, 0.29) is 11.6 Å². The Bertz CT molecular complexity index is 1070. The molecule has 4 nitrogen and oxygen atoms in total. The molecule has 0 radical (unpaired) electrons. The van der Waals surface area contributed by atoms with Crippen molar-refractivity contribution in [2.45, 2.75) is 64.0 Å². The minimum atomic E-state index is 0.170. The van der Waals surface area contributed by atoms with Crippen LogP contribution < -0.4 is 5.56 Å². The van der Waals surface area contributed by atoms with Crippen LogP contribution in [0, 0.1) is 0 Å². The fourth-order valence-electron chi connectivity index (χ4n) is 5.12. The molecule has 0 N–H and O–H groups in total. The lowest BCUT2D eigenvalue weighted by molar-refractivity contribution is 0.220. The lowest BCUT2D eigenvalue weighted by Gasteiger charge is -2.31. The van der Waals surface area contributed by atoms with Crippen molar-refractivity contribution in [3.8, 4) is 0 Å². The maximum atomic E-state index is 13.5. The van der Waals surface area contributed by atoms with Crippen molar-refractivity contribution in [3.05, 3.63) is 62.5 Å². The van der Waals surface area contributed by atoms with Crippen LogP contribution >= 0.6 is 11.3 Å². The van der Waals surface area contributed by atoms with E-state index < -0.39 is 0 Å². The van der Waals surface area contributed by atoms with Gasteiger partial charge in [-0.3, -0.25) is 9.36 Å². The molecule has 0 bridgehead atoms. The number of aromatic nitrogens is 2. The van der Waals surface area contributed by atoms with Gasteiger partial charge in [0.05, 0.1) is 11.7 Å². The molecule has 5 rings (SSSR count). The number of hydrogen-bond acceptors (Lipinski definition) is 4. The van der Waals surface area contributed by atoms with Gasteiger partial charge in [-0.05, 0) is 68.8 Å². The first kappa shape index (κ1) is 19.0. The van der Waals surface area contributed by atoms with Gasteiger partial charge in [0.25, 0.3) is 5.56 Å². The summed E-state index contributed by atoms with van der Waals surface area (Å²) in [6, 6.07) is 9.35. The van der Waals surface area contributed by atoms with Gasteiger partial charge < -0.3 is 4.90 Å². The minimum absolute atomic E-state index is 0.170. The van der Waals surface area contributed by atoms with Crippen LogP contribution in [0.4, 0.5) is 0 Å². The fraction of sp³-hybridized carbons (Fsp3) is 0.500. The van der Waals surface area contributed by atoms with E-state index in [2.05, 4.69) is 43.1 Å². The molecule has 1 aromatic carbocycles. The van der Waals surface area contributed by atoms with E-state index in [0.29, 0.717) is 6.04 Å². The predicted molar refractivity (Wildman–Crippen MR) is 120 cm³/mol. The van der Waals surface area contributed by atoms with Gasteiger partial charge in [-0.1, -0.05) is 37.6 Å². The van der Waals surface area contributed by atoms with E-state index in [1.165, 1.54) is 34.4 Å². The molecule has 0 aliphatic heterocycles. The maximum absolute atomic E-state index is 13.5. The topological polar surface area (TPSA) is 38.1 Å². The molecule has 2 aliphatic carbocycles. The summed E-state index contributed by atoms with van der Waals surface area (Å²) in [6.07, 6.45) is 9.35. The zero-order valence-corrected chi connectivity index (χ0v) is 18.2. The first-order valence-electron chi connectivity index (χ1n) is 10.9. The largest absolute Gasteiger partial charge is 0.303 e. The van der Waals surface area contributed by atoms with Gasteiger partial charge >= 0.3 is 0 Å². The smallest absolute Gasteiger partial charge is 0.262 e. The van der Waals surface area contributed by atoms with Crippen molar-refractivity contribution < 1.29 is 0 Å². The lowest BCUT2D eigenvalue weighted by atomic mass is 9.92. The third-order valence-corrected chi connectivity index (χ3v) is 8.04. The van der Waals surface area contributed by atoms with Crippen molar-refractivity contribution in [1.82, 2.24) is 14.5 Å². The van der Waals surface area contributed by atoms with Gasteiger partial charge in [0.1, 0.15) is 4.83 Å². The molecule has 1 atom stereocenters. The van der Waals surface area contributed by atoms with Gasteiger partial charge in [0, 0.05) is 17.0 Å². The summed E-state index contributed by atoms with van der Waals surface area (Å²) in [5.41, 5.74) is 4.19. The normalized spacial score (nSPS) is 19.1. The first-order valence-corrected chi connectivity index (χ1v) is 11.8. The molecular formula is C24H29N3OS. The lowest BCUT2D eigenvalue weighted by Crippen LogP contribution is -2.36. The summed E-state index contributed by atoms with van der Waals surface area (Å²) in [5, 5.41) is 0.901. The third kappa shape index (κ3) is 3.34. The van der Waals surface area contributed by atoms with Crippen molar-refractivity contribution in [1.29, 1.82) is 0 Å². The third-order valence-electron chi connectivity index (χ3n) is 6.88. The summed E-state index contributed by atoms with van der Waals surface area (Å²) < 4.78 is 1.91. The number of benzene rings is 1. The Morgan fingerprint density at radius 2 is 1.97 bits per heavy atom. The Morgan fingerprint density at radius 1 is 1.21 bits per heavy atom. The first-order chi connectivity index (χ1) is 14.2. The molecule has 2 heterocycles. The average molecular weight is 408 g/mol. The van der Waals surface area contributed by atoms with E-state index >= 15 is 0 Å². The zero-order valence-electron chi connectivity index (χ0n) is 17.4. The number of hydrogen-bond donors (Lipinski definition) is 0. The average Bonchev–Trinajstić information content (AvgIpc) is 3.33. The number of likely N-dealkylation sites (N-methyl/N-ethyl adjacent to an activating group) is 1. The summed E-state index contributed by atoms with van der Waals surface area (Å²) in [4.78, 5) is 23.0. The number of unbranched alkanes of at least 4 members (excludes halogenated alkanes) is 1. The highest BCUT2D eigenvalue weighted by Crippen LogP contribution is 2.36. The number of rotatable bonds is 5. The van der Waals surface area contributed by atoms with Gasteiger partial charge in [-0.2, -0.15) is 0 Å². The molecular weight excluding hydrogens is 378 g/mol. The highest BCUT2D eigenvalue weighted by atomic mass is 32.1. The molecule has 29 heavy (non-hydrogen) atoms. The van der Waals surface area contributed by atoms with Gasteiger partial charge in [0.2, 0.25) is 0 Å². The van der Waals surface area contributed by atoms with Crippen LogP contribution in [-0.2, 0) is 25.7 Å². The Labute approximate surface area is 176 Å². The maximum Gasteiger partial charge on any atom is 0.262 e. The van der Waals surface area contributed by atoms with E-state index in [1.54, 1.807) is 17.7 Å². The second-order valence-corrected chi connectivity index (χ2v) is 9.79. The molecule has 0 spiro atoms. The van der Waals surface area contributed by atoms with Crippen LogP contribution in [-0.4, -0.2) is 34.1 Å². The molecule has 2 aliphatic rings. The number of nitrogens with zero attached hydrogens (tertiary/aromatic N) is 3. The second kappa shape index (κ2) is 7.69. The summed E-state index contributed by atoms with van der Waals surface area (Å²) in [6.45, 7) is 3.41. The molecule has 2 aromatic heterocycles. The number of aryl methyl sites for hydroxylation is 1. The van der Waals surface area contributed by atoms with Crippen LogP contribution in [0.3, 0.4) is 0 Å². The van der Waals surface area contributed by atoms with E-state index in [1.807, 2.05) is 4.57 Å². The Morgan fingerprint density at radius 3 is 2.69 bits per heavy atom. The van der Waals surface area contributed by atoms with E-state index in [0.717, 1.165) is 48.9 Å². The second-order valence-electron chi connectivity index (χ2n) is 8.70. The monoisotopic (exact) mass is 407 g/mol. The van der Waals surface area contributed by atoms with Crippen molar-refractivity contribution >= 4 is 21.6 Å². The van der Waals surface area contributed by atoms with Crippen LogP contribution in [0.25, 0.3) is 10.2 Å². The van der Waals surface area contributed by atoms with Crippen LogP contribution in [0.15, 0.2) is 35.4 Å². The molecule has 0 fully saturated rings.